The zero-order valence-corrected chi connectivity index (χ0v) is 19.1. The number of allylic oxidation sites excluding steroid dienone is 3. The van der Waals surface area contributed by atoms with Gasteiger partial charge in [0, 0.05) is 34.1 Å². The zero-order chi connectivity index (χ0) is 22.1. The highest BCUT2D eigenvalue weighted by Crippen LogP contribution is 2.45. The highest BCUT2D eigenvalue weighted by atomic mass is 35.5. The lowest BCUT2D eigenvalue weighted by Gasteiger charge is -2.32. The van der Waals surface area contributed by atoms with Crippen LogP contribution in [0.1, 0.15) is 47.4 Å². The van der Waals surface area contributed by atoms with E-state index in [2.05, 4.69) is 25.1 Å². The predicted octanol–water partition coefficient (Wildman–Crippen LogP) is 6.06. The Labute approximate surface area is 191 Å². The van der Waals surface area contributed by atoms with E-state index in [9.17, 15) is 10.1 Å². The van der Waals surface area contributed by atoms with Crippen molar-refractivity contribution >= 4 is 29.1 Å². The quantitative estimate of drug-likeness (QED) is 0.572. The van der Waals surface area contributed by atoms with Gasteiger partial charge in [0.25, 0.3) is 0 Å². The topological polar surface area (TPSA) is 76.1 Å². The van der Waals surface area contributed by atoms with Crippen LogP contribution >= 0.6 is 23.4 Å². The zero-order valence-electron chi connectivity index (χ0n) is 17.5. The van der Waals surface area contributed by atoms with Gasteiger partial charge in [-0.1, -0.05) is 23.7 Å². The molecule has 0 radical (unpaired) electrons. The average Bonchev–Trinajstić information content (AvgIpc) is 2.74. The summed E-state index contributed by atoms with van der Waals surface area (Å²) in [5.74, 6) is 1.07. The molecule has 31 heavy (non-hydrogen) atoms. The maximum absolute atomic E-state index is 12.9. The highest BCUT2D eigenvalue weighted by Gasteiger charge is 2.38. The summed E-state index contributed by atoms with van der Waals surface area (Å²) in [4.78, 5) is 14.0. The van der Waals surface area contributed by atoms with E-state index in [0.29, 0.717) is 34.8 Å². The van der Waals surface area contributed by atoms with Crippen molar-refractivity contribution in [1.29, 1.82) is 5.26 Å². The monoisotopic (exact) mass is 450 g/mol. The number of benzene rings is 2. The van der Waals surface area contributed by atoms with Crippen LogP contribution in [0.4, 0.5) is 0 Å². The van der Waals surface area contributed by atoms with Gasteiger partial charge in [-0.25, -0.2) is 0 Å². The highest BCUT2D eigenvalue weighted by molar-refractivity contribution is 7.98. The number of hydrogen-bond acceptors (Lipinski definition) is 5. The third kappa shape index (κ3) is 4.23. The minimum absolute atomic E-state index is 0.0450. The molecule has 2 aliphatic rings. The summed E-state index contributed by atoms with van der Waals surface area (Å²) in [6, 6.07) is 14.2. The molecule has 0 bridgehead atoms. The van der Waals surface area contributed by atoms with Gasteiger partial charge in [0.15, 0.2) is 5.78 Å². The molecule has 158 valence electrons. The molecule has 6 heteroatoms. The minimum Gasteiger partial charge on any atom is -0.444 e. The maximum Gasteiger partial charge on any atom is 0.205 e. The summed E-state index contributed by atoms with van der Waals surface area (Å²) in [6.07, 6.45) is 1.89. The molecule has 0 saturated carbocycles. The van der Waals surface area contributed by atoms with E-state index in [1.807, 2.05) is 31.2 Å². The summed E-state index contributed by atoms with van der Waals surface area (Å²) in [6.45, 7) is 4.11. The number of halogens is 1. The van der Waals surface area contributed by atoms with Crippen LogP contribution in [0.2, 0.25) is 5.02 Å². The first-order valence-electron chi connectivity index (χ1n) is 10.2. The Morgan fingerprint density at radius 1 is 1.19 bits per heavy atom. The molecule has 0 aromatic heterocycles. The molecule has 1 aliphatic carbocycles. The van der Waals surface area contributed by atoms with Crippen molar-refractivity contribution < 1.29 is 9.53 Å². The first-order valence-corrected chi connectivity index (χ1v) is 11.6. The normalized spacial score (nSPS) is 18.5. The standard InChI is InChI=1S/C25H23ClN2O2S/c1-14-10-15(2)19(11-16(14)13-31-18-8-6-17(26)7-9-18)23-20(12-27)25(28)30-22-5-3-4-21(29)24(22)23/h6-11,23H,3-5,13,28H2,1-2H3/t23-/m0/s1. The molecule has 2 aromatic rings. The maximum atomic E-state index is 12.9. The van der Waals surface area contributed by atoms with Crippen LogP contribution in [-0.4, -0.2) is 5.78 Å². The first-order chi connectivity index (χ1) is 14.9. The number of aryl methyl sites for hydroxylation is 2. The van der Waals surface area contributed by atoms with Gasteiger partial charge in [0.05, 0.1) is 5.92 Å². The van der Waals surface area contributed by atoms with Gasteiger partial charge >= 0.3 is 0 Å². The molecule has 4 rings (SSSR count). The van der Waals surface area contributed by atoms with E-state index in [1.54, 1.807) is 11.8 Å². The molecule has 0 saturated heterocycles. The van der Waals surface area contributed by atoms with E-state index in [1.165, 1.54) is 5.56 Å². The number of rotatable bonds is 4. The Hall–Kier alpha value is -2.68. The molecular weight excluding hydrogens is 428 g/mol. The van der Waals surface area contributed by atoms with Gasteiger partial charge in [-0.2, -0.15) is 5.26 Å². The fourth-order valence-electron chi connectivity index (χ4n) is 4.24. The van der Waals surface area contributed by atoms with E-state index in [0.717, 1.165) is 33.8 Å². The number of carbonyl (C=O) groups excluding carboxylic acids is 1. The molecule has 2 N–H and O–H groups in total. The van der Waals surface area contributed by atoms with Crippen LogP contribution in [0.3, 0.4) is 0 Å². The van der Waals surface area contributed by atoms with E-state index < -0.39 is 5.92 Å². The van der Waals surface area contributed by atoms with Crippen LogP contribution in [0, 0.1) is 25.2 Å². The van der Waals surface area contributed by atoms with Crippen LogP contribution in [0.25, 0.3) is 0 Å². The van der Waals surface area contributed by atoms with Crippen LogP contribution in [0.15, 0.2) is 64.1 Å². The lowest BCUT2D eigenvalue weighted by molar-refractivity contribution is -0.116. The molecule has 0 spiro atoms. The first kappa shape index (κ1) is 21.5. The molecule has 1 atom stereocenters. The Morgan fingerprint density at radius 3 is 2.65 bits per heavy atom. The number of Topliss-reactive ketones (excluding diaryl/α,β-unsaturated/α-hetero) is 1. The van der Waals surface area contributed by atoms with Gasteiger partial charge in [-0.05, 0) is 66.8 Å². The Bertz CT molecular complexity index is 1160. The number of carbonyl (C=O) groups is 1. The Morgan fingerprint density at radius 2 is 1.94 bits per heavy atom. The second kappa shape index (κ2) is 8.82. The number of ether oxygens (including phenoxy) is 1. The van der Waals surface area contributed by atoms with Crippen LogP contribution in [-0.2, 0) is 15.3 Å². The summed E-state index contributed by atoms with van der Waals surface area (Å²) in [5, 5.41) is 10.6. The molecule has 4 nitrogen and oxygen atoms in total. The number of nitriles is 1. The fraction of sp³-hybridized carbons (Fsp3) is 0.280. The van der Waals surface area contributed by atoms with Crippen molar-refractivity contribution in [2.75, 3.05) is 0 Å². The van der Waals surface area contributed by atoms with E-state index in [4.69, 9.17) is 22.1 Å². The number of hydrogen-bond donors (Lipinski definition) is 1. The van der Waals surface area contributed by atoms with Gasteiger partial charge < -0.3 is 10.5 Å². The van der Waals surface area contributed by atoms with Crippen molar-refractivity contribution in [3.63, 3.8) is 0 Å². The van der Waals surface area contributed by atoms with Gasteiger partial charge in [0.2, 0.25) is 5.88 Å². The smallest absolute Gasteiger partial charge is 0.205 e. The lowest BCUT2D eigenvalue weighted by Crippen LogP contribution is -2.27. The lowest BCUT2D eigenvalue weighted by atomic mass is 9.76. The minimum atomic E-state index is -0.471. The van der Waals surface area contributed by atoms with Gasteiger partial charge in [0.1, 0.15) is 17.4 Å². The van der Waals surface area contributed by atoms with Crippen molar-refractivity contribution in [3.8, 4) is 6.07 Å². The van der Waals surface area contributed by atoms with E-state index >= 15 is 0 Å². The van der Waals surface area contributed by atoms with Crippen molar-refractivity contribution in [3.05, 3.63) is 86.5 Å². The molecule has 1 aliphatic heterocycles. The molecule has 2 aromatic carbocycles. The molecule has 0 unspecified atom stereocenters. The third-order valence-electron chi connectivity index (χ3n) is 5.85. The van der Waals surface area contributed by atoms with Crippen molar-refractivity contribution in [2.45, 2.75) is 49.7 Å². The summed E-state index contributed by atoms with van der Waals surface area (Å²) >= 11 is 7.72. The summed E-state index contributed by atoms with van der Waals surface area (Å²) < 4.78 is 5.70. The number of nitrogens with two attached hydrogens (primary N) is 1. The van der Waals surface area contributed by atoms with Crippen LogP contribution < -0.4 is 5.73 Å². The Balaban J connectivity index is 1.75. The van der Waals surface area contributed by atoms with Crippen molar-refractivity contribution in [2.24, 2.45) is 5.73 Å². The molecular formula is C25H23ClN2O2S. The molecule has 0 amide bonds. The Kier molecular flexibility index (Phi) is 6.13. The van der Waals surface area contributed by atoms with Gasteiger partial charge in [-0.3, -0.25) is 4.79 Å². The molecule has 0 fully saturated rings. The summed E-state index contributed by atoms with van der Waals surface area (Å²) in [7, 11) is 0. The number of nitrogens with zero attached hydrogens (tertiary/aromatic N) is 1. The predicted molar refractivity (Wildman–Crippen MR) is 123 cm³/mol. The SMILES string of the molecule is Cc1cc(C)c([C@H]2C(C#N)=C(N)OC3=C2C(=O)CCC3)cc1CSc1ccc(Cl)cc1. The largest absolute Gasteiger partial charge is 0.444 e. The van der Waals surface area contributed by atoms with Gasteiger partial charge in [-0.15, -0.1) is 11.8 Å². The molecule has 1 heterocycles. The van der Waals surface area contributed by atoms with Crippen molar-refractivity contribution in [1.82, 2.24) is 0 Å². The fourth-order valence-corrected chi connectivity index (χ4v) is 5.33. The second-order valence-corrected chi connectivity index (χ2v) is 9.40. The number of ketones is 1. The van der Waals surface area contributed by atoms with E-state index in [-0.39, 0.29) is 11.7 Å². The third-order valence-corrected chi connectivity index (χ3v) is 7.16. The number of thioether (sulfide) groups is 1. The average molecular weight is 451 g/mol. The second-order valence-electron chi connectivity index (χ2n) is 7.92. The summed E-state index contributed by atoms with van der Waals surface area (Å²) in [5.41, 5.74) is 11.3. The van der Waals surface area contributed by atoms with Crippen LogP contribution in [0.5, 0.6) is 0 Å².